The number of benzene rings is 1. The number of unbranched alkanes of at least 4 members (excludes halogenated alkanes) is 1. The molecule has 1 aliphatic heterocycles. The molecule has 0 spiro atoms. The van der Waals surface area contributed by atoms with E-state index < -0.39 is 17.6 Å². The first-order valence-corrected chi connectivity index (χ1v) is 9.10. The molecule has 1 atom stereocenters. The Bertz CT molecular complexity index is 887. The van der Waals surface area contributed by atoms with E-state index in [-0.39, 0.29) is 11.5 Å². The SMILES string of the molecule is CCCCC1(C(=O)O)COC(=O)N1c1ccc2c(c1)sc(=O)n2CC. The van der Waals surface area contributed by atoms with Gasteiger partial charge in [-0.3, -0.25) is 14.3 Å². The Morgan fingerprint density at radius 3 is 2.76 bits per heavy atom. The van der Waals surface area contributed by atoms with Crippen LogP contribution in [0.1, 0.15) is 33.1 Å². The van der Waals surface area contributed by atoms with Gasteiger partial charge in [-0.2, -0.15) is 0 Å². The van der Waals surface area contributed by atoms with Gasteiger partial charge in [-0.05, 0) is 31.5 Å². The molecule has 0 bridgehead atoms. The lowest BCUT2D eigenvalue weighted by atomic mass is 9.92. The zero-order valence-electron chi connectivity index (χ0n) is 14.2. The third-order valence-electron chi connectivity index (χ3n) is 4.61. The second kappa shape index (κ2) is 6.51. The average molecular weight is 364 g/mol. The smallest absolute Gasteiger partial charge is 0.415 e. The first-order valence-electron chi connectivity index (χ1n) is 8.28. The molecule has 8 heteroatoms. The maximum atomic E-state index is 12.3. The fourth-order valence-electron chi connectivity index (χ4n) is 3.25. The minimum Gasteiger partial charge on any atom is -0.479 e. The lowest BCUT2D eigenvalue weighted by molar-refractivity contribution is -0.143. The predicted octanol–water partition coefficient (Wildman–Crippen LogP) is 3.05. The van der Waals surface area contributed by atoms with E-state index in [1.807, 2.05) is 13.8 Å². The first kappa shape index (κ1) is 17.5. The van der Waals surface area contributed by atoms with Crippen LogP contribution in [0.5, 0.6) is 0 Å². The number of nitrogens with zero attached hydrogens (tertiary/aromatic N) is 2. The van der Waals surface area contributed by atoms with Crippen molar-refractivity contribution in [2.45, 2.75) is 45.2 Å². The van der Waals surface area contributed by atoms with Gasteiger partial charge in [0.15, 0.2) is 5.54 Å². The van der Waals surface area contributed by atoms with Crippen molar-refractivity contribution >= 4 is 39.3 Å². The predicted molar refractivity (Wildman–Crippen MR) is 95.5 cm³/mol. The lowest BCUT2D eigenvalue weighted by Crippen LogP contribution is -2.54. The summed E-state index contributed by atoms with van der Waals surface area (Å²) < 4.78 is 7.47. The number of carboxylic acid groups (broad SMARTS) is 1. The summed E-state index contributed by atoms with van der Waals surface area (Å²) in [5, 5.41) is 9.81. The van der Waals surface area contributed by atoms with Gasteiger partial charge in [0.1, 0.15) is 6.61 Å². The fourth-order valence-corrected chi connectivity index (χ4v) is 4.24. The highest BCUT2D eigenvalue weighted by Gasteiger charge is 2.54. The molecule has 1 saturated heterocycles. The van der Waals surface area contributed by atoms with Gasteiger partial charge in [0.05, 0.1) is 15.9 Å². The number of carbonyl (C=O) groups excluding carboxylic acids is 1. The third-order valence-corrected chi connectivity index (χ3v) is 5.56. The normalized spacial score (nSPS) is 20.2. The van der Waals surface area contributed by atoms with Crippen LogP contribution in [0.4, 0.5) is 10.5 Å². The van der Waals surface area contributed by atoms with E-state index in [4.69, 9.17) is 4.74 Å². The molecular formula is C17H20N2O5S. The standard InChI is InChI=1S/C17H20N2O5S/c1-3-5-8-17(14(20)21)10-24-15(22)19(17)11-6-7-12-13(9-11)25-16(23)18(12)4-2/h6-7,9H,3-5,8,10H2,1-2H3,(H,20,21). The minimum absolute atomic E-state index is 0.0749. The summed E-state index contributed by atoms with van der Waals surface area (Å²) >= 11 is 1.09. The number of cyclic esters (lactones) is 1. The minimum atomic E-state index is -1.40. The highest BCUT2D eigenvalue weighted by molar-refractivity contribution is 7.16. The Morgan fingerprint density at radius 1 is 1.36 bits per heavy atom. The van der Waals surface area contributed by atoms with E-state index in [0.717, 1.165) is 28.0 Å². The van der Waals surface area contributed by atoms with E-state index in [1.54, 1.807) is 22.8 Å². The van der Waals surface area contributed by atoms with Crippen molar-refractivity contribution < 1.29 is 19.4 Å². The summed E-state index contributed by atoms with van der Waals surface area (Å²) in [5.74, 6) is -1.08. The monoisotopic (exact) mass is 364 g/mol. The van der Waals surface area contributed by atoms with E-state index in [0.29, 0.717) is 25.1 Å². The molecule has 7 nitrogen and oxygen atoms in total. The summed E-state index contributed by atoms with van der Waals surface area (Å²) in [6.07, 6.45) is 1.13. The van der Waals surface area contributed by atoms with Crippen LogP contribution in [0.3, 0.4) is 0 Å². The molecule has 2 aromatic rings. The molecule has 3 rings (SSSR count). The number of thiazole rings is 1. The number of aryl methyl sites for hydroxylation is 1. The topological polar surface area (TPSA) is 88.8 Å². The average Bonchev–Trinajstić information content (AvgIpc) is 3.08. The van der Waals surface area contributed by atoms with Crippen LogP contribution < -0.4 is 9.77 Å². The van der Waals surface area contributed by atoms with E-state index >= 15 is 0 Å². The quantitative estimate of drug-likeness (QED) is 0.851. The van der Waals surface area contributed by atoms with Crippen LogP contribution >= 0.6 is 11.3 Å². The van der Waals surface area contributed by atoms with Gasteiger partial charge in [-0.15, -0.1) is 0 Å². The lowest BCUT2D eigenvalue weighted by Gasteiger charge is -2.31. The molecule has 134 valence electrons. The Labute approximate surface area is 148 Å². The maximum absolute atomic E-state index is 12.3. The summed E-state index contributed by atoms with van der Waals surface area (Å²) in [5.41, 5.74) is -0.180. The summed E-state index contributed by atoms with van der Waals surface area (Å²) in [6, 6.07) is 5.13. The highest BCUT2D eigenvalue weighted by Crippen LogP contribution is 2.36. The van der Waals surface area contributed by atoms with Crippen LogP contribution in [0, 0.1) is 0 Å². The number of carboxylic acids is 1. The van der Waals surface area contributed by atoms with Crippen LogP contribution in [0.15, 0.2) is 23.0 Å². The van der Waals surface area contributed by atoms with Gasteiger partial charge in [-0.1, -0.05) is 31.1 Å². The van der Waals surface area contributed by atoms with Gasteiger partial charge >= 0.3 is 16.9 Å². The zero-order valence-corrected chi connectivity index (χ0v) is 15.0. The number of aliphatic carboxylic acids is 1. The van der Waals surface area contributed by atoms with Gasteiger partial charge in [0, 0.05) is 6.54 Å². The van der Waals surface area contributed by atoms with Crippen molar-refractivity contribution in [3.05, 3.63) is 27.9 Å². The van der Waals surface area contributed by atoms with Crippen molar-refractivity contribution in [2.75, 3.05) is 11.5 Å². The summed E-state index contributed by atoms with van der Waals surface area (Å²) in [7, 11) is 0. The number of rotatable bonds is 6. The summed E-state index contributed by atoms with van der Waals surface area (Å²) in [4.78, 5) is 37.5. The number of anilines is 1. The Balaban J connectivity index is 2.11. The number of amides is 1. The van der Waals surface area contributed by atoms with Crippen LogP contribution in [-0.4, -0.2) is 33.9 Å². The number of ether oxygens (including phenoxy) is 1. The molecule has 1 aromatic heterocycles. The second-order valence-electron chi connectivity index (χ2n) is 6.09. The number of aromatic nitrogens is 1. The molecular weight excluding hydrogens is 344 g/mol. The van der Waals surface area contributed by atoms with Crippen molar-refractivity contribution in [1.29, 1.82) is 0 Å². The van der Waals surface area contributed by atoms with Gasteiger partial charge < -0.3 is 9.84 Å². The molecule has 1 amide bonds. The van der Waals surface area contributed by atoms with E-state index in [9.17, 15) is 19.5 Å². The van der Waals surface area contributed by atoms with Gasteiger partial charge in [-0.25, -0.2) is 9.59 Å². The van der Waals surface area contributed by atoms with Gasteiger partial charge in [0.25, 0.3) is 0 Å². The molecule has 1 unspecified atom stereocenters. The Hall–Kier alpha value is -2.35. The molecule has 2 heterocycles. The Morgan fingerprint density at radius 2 is 2.12 bits per heavy atom. The Kier molecular flexibility index (Phi) is 4.55. The largest absolute Gasteiger partial charge is 0.479 e. The van der Waals surface area contributed by atoms with Crippen molar-refractivity contribution in [3.63, 3.8) is 0 Å². The first-order chi connectivity index (χ1) is 11.9. The van der Waals surface area contributed by atoms with E-state index in [2.05, 4.69) is 0 Å². The van der Waals surface area contributed by atoms with Crippen molar-refractivity contribution in [2.24, 2.45) is 0 Å². The second-order valence-corrected chi connectivity index (χ2v) is 7.09. The molecule has 1 aromatic carbocycles. The van der Waals surface area contributed by atoms with Crippen molar-refractivity contribution in [3.8, 4) is 0 Å². The maximum Gasteiger partial charge on any atom is 0.415 e. The number of hydrogen-bond acceptors (Lipinski definition) is 5. The fraction of sp³-hybridized carbons (Fsp3) is 0.471. The van der Waals surface area contributed by atoms with Crippen LogP contribution in [0.25, 0.3) is 10.2 Å². The van der Waals surface area contributed by atoms with Crippen LogP contribution in [-0.2, 0) is 16.1 Å². The highest BCUT2D eigenvalue weighted by atomic mass is 32.1. The number of fused-ring (bicyclic) bond motifs is 1. The van der Waals surface area contributed by atoms with E-state index in [1.165, 1.54) is 4.90 Å². The zero-order chi connectivity index (χ0) is 18.2. The molecule has 25 heavy (non-hydrogen) atoms. The molecule has 1 fully saturated rings. The summed E-state index contributed by atoms with van der Waals surface area (Å²) in [6.45, 7) is 4.24. The molecule has 1 aliphatic rings. The molecule has 0 radical (unpaired) electrons. The molecule has 1 N–H and O–H groups in total. The number of hydrogen-bond donors (Lipinski definition) is 1. The number of carbonyl (C=O) groups is 2. The van der Waals surface area contributed by atoms with Crippen LogP contribution in [0.2, 0.25) is 0 Å². The molecule has 0 saturated carbocycles. The van der Waals surface area contributed by atoms with Gasteiger partial charge in [0.2, 0.25) is 0 Å². The molecule has 0 aliphatic carbocycles. The third kappa shape index (κ3) is 2.70. The van der Waals surface area contributed by atoms with Crippen molar-refractivity contribution in [1.82, 2.24) is 4.57 Å².